The van der Waals surface area contributed by atoms with Gasteiger partial charge >= 0.3 is 0 Å². The molecule has 0 saturated heterocycles. The van der Waals surface area contributed by atoms with Crippen LogP contribution in [0.25, 0.3) is 11.1 Å². The molecule has 0 amide bonds. The van der Waals surface area contributed by atoms with Gasteiger partial charge in [0.1, 0.15) is 7.81 Å². The van der Waals surface area contributed by atoms with Crippen LogP contribution >= 0.6 is 19.1 Å². The maximum absolute atomic E-state index is 8.78. The van der Waals surface area contributed by atoms with Crippen LogP contribution < -0.4 is 0 Å². The molecule has 0 aliphatic heterocycles. The van der Waals surface area contributed by atoms with Crippen LogP contribution in [0.4, 0.5) is 0 Å². The first-order valence-corrected chi connectivity index (χ1v) is 6.74. The van der Waals surface area contributed by atoms with E-state index in [2.05, 4.69) is 59.8 Å². The Morgan fingerprint density at radius 1 is 0.733 bits per heavy atom. The van der Waals surface area contributed by atoms with Crippen molar-refractivity contribution in [3.8, 4) is 11.1 Å². The molecule has 0 saturated carbocycles. The quantitative estimate of drug-likeness (QED) is 0.679. The van der Waals surface area contributed by atoms with E-state index in [0.29, 0.717) is 0 Å². The van der Waals surface area contributed by atoms with Gasteiger partial charge in [0.2, 0.25) is 0 Å². The Morgan fingerprint density at radius 3 is 1.27 bits per heavy atom. The summed E-state index contributed by atoms with van der Waals surface area (Å²) in [5, 5.41) is 0. The molecule has 0 fully saturated rings. The Labute approximate surface area is 95.7 Å². The van der Waals surface area contributed by atoms with Crippen molar-refractivity contribution in [2.24, 2.45) is 0 Å². The first-order valence-electron chi connectivity index (χ1n) is 4.53. The summed E-state index contributed by atoms with van der Waals surface area (Å²) in [6, 6.07) is 20.8. The van der Waals surface area contributed by atoms with E-state index in [0.717, 1.165) is 0 Å². The Morgan fingerprint density at radius 2 is 1.00 bits per heavy atom. The minimum Gasteiger partial charge on any atom is -0.313 e. The molecule has 3 heteroatoms. The monoisotopic (exact) mass is 238 g/mol. The zero-order chi connectivity index (χ0) is 10.9. The van der Waals surface area contributed by atoms with Crippen LogP contribution in [-0.2, 0) is 4.57 Å². The average molecular weight is 239 g/mol. The summed E-state index contributed by atoms with van der Waals surface area (Å²) in [5.41, 5.74) is 2.55. The normalized spacial score (nSPS) is 9.67. The van der Waals surface area contributed by atoms with Crippen LogP contribution in [-0.4, -0.2) is 0 Å². The number of hydrogen-bond acceptors (Lipinski definition) is 1. The lowest BCUT2D eigenvalue weighted by Crippen LogP contribution is -1.73. The van der Waals surface area contributed by atoms with E-state index >= 15 is 0 Å². The van der Waals surface area contributed by atoms with Gasteiger partial charge in [-0.25, -0.2) is 0 Å². The SMILES string of the molecule is O=[PH2]Cl.c1ccc(-c2ccccc2)cc1. The molecular formula is C12H12ClOP. The van der Waals surface area contributed by atoms with Gasteiger partial charge in [0.25, 0.3) is 0 Å². The molecule has 15 heavy (non-hydrogen) atoms. The van der Waals surface area contributed by atoms with Crippen molar-refractivity contribution in [3.05, 3.63) is 60.7 Å². The maximum atomic E-state index is 8.78. The number of halogens is 1. The largest absolute Gasteiger partial charge is 0.313 e. The van der Waals surface area contributed by atoms with E-state index in [1.807, 2.05) is 12.1 Å². The summed E-state index contributed by atoms with van der Waals surface area (Å²) >= 11 is 4.53. The fraction of sp³-hybridized carbons (Fsp3) is 0. The van der Waals surface area contributed by atoms with Crippen LogP contribution in [0.15, 0.2) is 60.7 Å². The van der Waals surface area contributed by atoms with E-state index in [9.17, 15) is 0 Å². The molecule has 0 spiro atoms. The van der Waals surface area contributed by atoms with Crippen LogP contribution in [0.1, 0.15) is 0 Å². The molecule has 0 radical (unpaired) electrons. The molecule has 2 rings (SSSR count). The van der Waals surface area contributed by atoms with Crippen LogP contribution in [0, 0.1) is 0 Å². The molecule has 0 heterocycles. The van der Waals surface area contributed by atoms with Crippen LogP contribution in [0.2, 0.25) is 0 Å². The van der Waals surface area contributed by atoms with Crippen LogP contribution in [0.3, 0.4) is 0 Å². The summed E-state index contributed by atoms with van der Waals surface area (Å²) in [6.07, 6.45) is 0. The van der Waals surface area contributed by atoms with Gasteiger partial charge in [0, 0.05) is 0 Å². The maximum Gasteiger partial charge on any atom is 0.146 e. The minimum absolute atomic E-state index is 1.03. The van der Waals surface area contributed by atoms with Gasteiger partial charge < -0.3 is 4.57 Å². The Bertz CT molecular complexity index is 351. The third-order valence-electron chi connectivity index (χ3n) is 1.88. The van der Waals surface area contributed by atoms with Crippen LogP contribution in [0.5, 0.6) is 0 Å². The first-order chi connectivity index (χ1) is 7.38. The van der Waals surface area contributed by atoms with Gasteiger partial charge in [-0.3, -0.25) is 0 Å². The highest BCUT2D eigenvalue weighted by Crippen LogP contribution is 2.17. The summed E-state index contributed by atoms with van der Waals surface area (Å²) in [7, 11) is -1.03. The van der Waals surface area contributed by atoms with E-state index in [-0.39, 0.29) is 0 Å². The topological polar surface area (TPSA) is 17.1 Å². The lowest BCUT2D eigenvalue weighted by Gasteiger charge is -1.98. The second-order valence-corrected chi connectivity index (χ2v) is 3.53. The molecule has 0 aromatic heterocycles. The molecule has 2 aromatic carbocycles. The van der Waals surface area contributed by atoms with Gasteiger partial charge in [0.15, 0.2) is 0 Å². The van der Waals surface area contributed by atoms with Crippen molar-refractivity contribution < 1.29 is 4.57 Å². The molecule has 1 nitrogen and oxygen atoms in total. The Kier molecular flexibility index (Phi) is 5.84. The van der Waals surface area contributed by atoms with Crippen molar-refractivity contribution in [1.82, 2.24) is 0 Å². The van der Waals surface area contributed by atoms with Crippen molar-refractivity contribution in [2.45, 2.75) is 0 Å². The Hall–Kier alpha value is -1.04. The van der Waals surface area contributed by atoms with Gasteiger partial charge in [0.05, 0.1) is 0 Å². The fourth-order valence-electron chi connectivity index (χ4n) is 1.26. The molecule has 0 N–H and O–H groups in total. The van der Waals surface area contributed by atoms with Crippen molar-refractivity contribution >= 4 is 19.1 Å². The second-order valence-electron chi connectivity index (χ2n) is 2.82. The predicted octanol–water partition coefficient (Wildman–Crippen LogP) is 4.25. The lowest BCUT2D eigenvalue weighted by atomic mass is 10.1. The number of benzene rings is 2. The summed E-state index contributed by atoms with van der Waals surface area (Å²) in [5.74, 6) is 0. The molecule has 1 atom stereocenters. The molecule has 0 aliphatic rings. The highest BCUT2D eigenvalue weighted by molar-refractivity contribution is 7.57. The van der Waals surface area contributed by atoms with Crippen molar-refractivity contribution in [3.63, 3.8) is 0 Å². The van der Waals surface area contributed by atoms with E-state index in [1.165, 1.54) is 11.1 Å². The summed E-state index contributed by atoms with van der Waals surface area (Å²) in [4.78, 5) is 0. The standard InChI is InChI=1S/C12H10.ClH2OP/c1-3-7-11(8-4-1)12-9-5-2-6-10-12;1-3-2/h1-10H;3H2. The second kappa shape index (κ2) is 7.28. The molecule has 1 unspecified atom stereocenters. The molecular weight excluding hydrogens is 227 g/mol. The van der Waals surface area contributed by atoms with Gasteiger partial charge in [-0.1, -0.05) is 71.9 Å². The van der Waals surface area contributed by atoms with E-state index in [1.54, 1.807) is 0 Å². The molecule has 0 bridgehead atoms. The number of rotatable bonds is 1. The zero-order valence-corrected chi connectivity index (χ0v) is 10.0. The highest BCUT2D eigenvalue weighted by atomic mass is 35.7. The first kappa shape index (κ1) is 12.0. The smallest absolute Gasteiger partial charge is 0.146 e. The fourth-order valence-corrected chi connectivity index (χ4v) is 1.26. The third-order valence-corrected chi connectivity index (χ3v) is 1.88. The van der Waals surface area contributed by atoms with E-state index < -0.39 is 7.81 Å². The lowest BCUT2D eigenvalue weighted by molar-refractivity contribution is 0.605. The Balaban J connectivity index is 0.000000337. The van der Waals surface area contributed by atoms with Gasteiger partial charge in [-0.05, 0) is 11.1 Å². The summed E-state index contributed by atoms with van der Waals surface area (Å²) in [6.45, 7) is 0. The minimum atomic E-state index is -1.03. The highest BCUT2D eigenvalue weighted by Gasteiger charge is 1.91. The molecule has 78 valence electrons. The van der Waals surface area contributed by atoms with Gasteiger partial charge in [-0.2, -0.15) is 0 Å². The van der Waals surface area contributed by atoms with Crippen molar-refractivity contribution in [1.29, 1.82) is 0 Å². The third kappa shape index (κ3) is 4.33. The molecule has 0 aliphatic carbocycles. The van der Waals surface area contributed by atoms with Crippen molar-refractivity contribution in [2.75, 3.05) is 0 Å². The molecule has 2 aromatic rings. The number of hydrogen-bond donors (Lipinski definition) is 0. The summed E-state index contributed by atoms with van der Waals surface area (Å²) < 4.78 is 8.78. The average Bonchev–Trinajstić information content (AvgIpc) is 2.32. The van der Waals surface area contributed by atoms with Gasteiger partial charge in [-0.15, -0.1) is 0 Å². The van der Waals surface area contributed by atoms with E-state index in [4.69, 9.17) is 4.57 Å². The zero-order valence-electron chi connectivity index (χ0n) is 8.14. The predicted molar refractivity (Wildman–Crippen MR) is 68.1 cm³/mol.